The van der Waals surface area contributed by atoms with Crippen LogP contribution in [0, 0.1) is 6.92 Å². The minimum atomic E-state index is -0.811. The molecule has 1 fully saturated rings. The highest BCUT2D eigenvalue weighted by atomic mass is 35.5. The quantitative estimate of drug-likeness (QED) is 0.505. The van der Waals surface area contributed by atoms with E-state index in [2.05, 4.69) is 5.10 Å². The molecule has 1 aromatic carbocycles. The Hall–Kier alpha value is -2.31. The molecule has 1 saturated heterocycles. The fraction of sp³-hybridized carbons (Fsp3) is 0.381. The van der Waals surface area contributed by atoms with Crippen LogP contribution in [0.25, 0.3) is 6.08 Å². The average molecular weight is 436 g/mol. The van der Waals surface area contributed by atoms with Crippen molar-refractivity contribution in [2.24, 2.45) is 0 Å². The highest BCUT2D eigenvalue weighted by Crippen LogP contribution is 2.23. The number of aromatic nitrogens is 2. The first-order valence-electron chi connectivity index (χ1n) is 9.50. The molecular weight excluding hydrogens is 413 g/mol. The Labute approximate surface area is 180 Å². The molecule has 1 atom stereocenters. The van der Waals surface area contributed by atoms with E-state index < -0.39 is 12.1 Å². The predicted molar refractivity (Wildman–Crippen MR) is 113 cm³/mol. The summed E-state index contributed by atoms with van der Waals surface area (Å²) in [4.78, 5) is 26.1. The van der Waals surface area contributed by atoms with Crippen molar-refractivity contribution in [2.45, 2.75) is 39.3 Å². The van der Waals surface area contributed by atoms with Gasteiger partial charge in [-0.25, -0.2) is 9.48 Å². The van der Waals surface area contributed by atoms with Crippen LogP contribution in [0.5, 0.6) is 0 Å². The first-order chi connectivity index (χ1) is 13.8. The van der Waals surface area contributed by atoms with Gasteiger partial charge in [0.1, 0.15) is 5.15 Å². The van der Waals surface area contributed by atoms with E-state index in [1.807, 2.05) is 31.2 Å². The van der Waals surface area contributed by atoms with Crippen LogP contribution in [-0.4, -0.2) is 45.8 Å². The van der Waals surface area contributed by atoms with E-state index in [0.717, 1.165) is 31.5 Å². The molecule has 29 heavy (non-hydrogen) atoms. The first-order valence-corrected chi connectivity index (χ1v) is 10.3. The molecule has 2 aromatic rings. The first kappa shape index (κ1) is 21.4. The fourth-order valence-electron chi connectivity index (χ4n) is 3.23. The number of amides is 1. The van der Waals surface area contributed by atoms with Gasteiger partial charge in [0.2, 0.25) is 0 Å². The summed E-state index contributed by atoms with van der Waals surface area (Å²) in [7, 11) is 0. The van der Waals surface area contributed by atoms with Crippen LogP contribution >= 0.6 is 23.2 Å². The van der Waals surface area contributed by atoms with Crippen molar-refractivity contribution < 1.29 is 14.3 Å². The van der Waals surface area contributed by atoms with Gasteiger partial charge >= 0.3 is 5.97 Å². The molecule has 0 aliphatic carbocycles. The van der Waals surface area contributed by atoms with Gasteiger partial charge in [-0.3, -0.25) is 4.79 Å². The lowest BCUT2D eigenvalue weighted by molar-refractivity contribution is -0.154. The number of hydrogen-bond donors (Lipinski definition) is 0. The monoisotopic (exact) mass is 435 g/mol. The third-order valence-electron chi connectivity index (χ3n) is 4.80. The van der Waals surface area contributed by atoms with E-state index in [0.29, 0.717) is 28.0 Å². The molecule has 0 N–H and O–H groups in total. The molecule has 2 heterocycles. The number of nitrogens with zero attached hydrogens (tertiary/aromatic N) is 3. The maximum Gasteiger partial charge on any atom is 0.331 e. The Morgan fingerprint density at radius 3 is 2.52 bits per heavy atom. The maximum absolute atomic E-state index is 12.2. The second-order valence-electron chi connectivity index (χ2n) is 7.02. The van der Waals surface area contributed by atoms with Crippen molar-refractivity contribution in [3.05, 3.63) is 57.3 Å². The number of likely N-dealkylation sites (tertiary alicyclic amines) is 1. The van der Waals surface area contributed by atoms with Crippen molar-refractivity contribution in [1.82, 2.24) is 14.7 Å². The Morgan fingerprint density at radius 1 is 1.21 bits per heavy atom. The summed E-state index contributed by atoms with van der Waals surface area (Å²) in [6, 6.07) is 7.42. The van der Waals surface area contributed by atoms with Crippen LogP contribution in [0.1, 0.15) is 36.6 Å². The molecule has 1 aliphatic heterocycles. The van der Waals surface area contributed by atoms with E-state index in [1.165, 1.54) is 6.08 Å². The summed E-state index contributed by atoms with van der Waals surface area (Å²) in [5.74, 6) is -0.750. The lowest BCUT2D eigenvalue weighted by Gasteiger charge is -2.19. The van der Waals surface area contributed by atoms with Crippen LogP contribution in [0.2, 0.25) is 10.2 Å². The van der Waals surface area contributed by atoms with Crippen LogP contribution in [0.4, 0.5) is 0 Å². The fourth-order valence-corrected chi connectivity index (χ4v) is 3.66. The van der Waals surface area contributed by atoms with Gasteiger partial charge in [0, 0.05) is 29.8 Å². The van der Waals surface area contributed by atoms with E-state index in [4.69, 9.17) is 27.9 Å². The summed E-state index contributed by atoms with van der Waals surface area (Å²) < 4.78 is 6.90. The Balaban J connectivity index is 1.63. The molecule has 0 spiro atoms. The van der Waals surface area contributed by atoms with Crippen molar-refractivity contribution in [1.29, 1.82) is 0 Å². The van der Waals surface area contributed by atoms with Gasteiger partial charge in [0.25, 0.3) is 5.91 Å². The van der Waals surface area contributed by atoms with Gasteiger partial charge in [0.05, 0.1) is 12.2 Å². The summed E-state index contributed by atoms with van der Waals surface area (Å²) in [6.45, 7) is 5.33. The largest absolute Gasteiger partial charge is 0.449 e. The van der Waals surface area contributed by atoms with E-state index >= 15 is 0 Å². The van der Waals surface area contributed by atoms with Crippen LogP contribution < -0.4 is 0 Å². The van der Waals surface area contributed by atoms with Crippen molar-refractivity contribution in [3.63, 3.8) is 0 Å². The zero-order valence-electron chi connectivity index (χ0n) is 16.4. The van der Waals surface area contributed by atoms with Crippen LogP contribution in [-0.2, 0) is 20.9 Å². The molecule has 3 rings (SSSR count). The Bertz CT molecular complexity index is 916. The number of carbonyl (C=O) groups excluding carboxylic acids is 2. The summed E-state index contributed by atoms with van der Waals surface area (Å²) >= 11 is 12.4. The van der Waals surface area contributed by atoms with Gasteiger partial charge in [0.15, 0.2) is 6.10 Å². The van der Waals surface area contributed by atoms with Gasteiger partial charge in [-0.2, -0.15) is 5.10 Å². The maximum atomic E-state index is 12.2. The molecule has 1 aromatic heterocycles. The second kappa shape index (κ2) is 9.46. The Morgan fingerprint density at radius 2 is 1.86 bits per heavy atom. The zero-order valence-corrected chi connectivity index (χ0v) is 17.9. The number of rotatable bonds is 6. The number of esters is 1. The van der Waals surface area contributed by atoms with Crippen molar-refractivity contribution >= 4 is 41.2 Å². The smallest absolute Gasteiger partial charge is 0.331 e. The van der Waals surface area contributed by atoms with Crippen LogP contribution in [0.15, 0.2) is 30.3 Å². The van der Waals surface area contributed by atoms with Crippen molar-refractivity contribution in [2.75, 3.05) is 13.1 Å². The molecule has 1 unspecified atom stereocenters. The molecular formula is C21H23Cl2N3O3. The lowest BCUT2D eigenvalue weighted by Crippen LogP contribution is -2.37. The lowest BCUT2D eigenvalue weighted by atomic mass is 10.2. The number of ether oxygens (including phenoxy) is 1. The molecule has 154 valence electrons. The molecule has 8 heteroatoms. The molecule has 6 nitrogen and oxygen atoms in total. The summed E-state index contributed by atoms with van der Waals surface area (Å²) in [5.41, 5.74) is 2.33. The topological polar surface area (TPSA) is 64.4 Å². The minimum Gasteiger partial charge on any atom is -0.449 e. The molecule has 1 amide bonds. The third kappa shape index (κ3) is 5.40. The van der Waals surface area contributed by atoms with Crippen LogP contribution in [0.3, 0.4) is 0 Å². The SMILES string of the molecule is Cc1nn(Cc2ccc(Cl)cc2)c(Cl)c1/C=C/C(=O)OC(C)C(=O)N1CCCC1. The number of aryl methyl sites for hydroxylation is 1. The predicted octanol–water partition coefficient (Wildman–Crippen LogP) is 4.11. The van der Waals surface area contributed by atoms with Gasteiger partial charge in [-0.1, -0.05) is 35.3 Å². The minimum absolute atomic E-state index is 0.158. The number of halogens is 2. The summed E-state index contributed by atoms with van der Waals surface area (Å²) in [6.07, 6.45) is 4.01. The van der Waals surface area contributed by atoms with Gasteiger partial charge in [-0.15, -0.1) is 0 Å². The Kier molecular flexibility index (Phi) is 6.98. The second-order valence-corrected chi connectivity index (χ2v) is 7.81. The molecule has 0 bridgehead atoms. The zero-order chi connectivity index (χ0) is 21.0. The average Bonchev–Trinajstić information content (AvgIpc) is 3.31. The highest BCUT2D eigenvalue weighted by Gasteiger charge is 2.25. The summed E-state index contributed by atoms with van der Waals surface area (Å²) in [5, 5.41) is 5.52. The van der Waals surface area contributed by atoms with E-state index in [9.17, 15) is 9.59 Å². The standard InChI is InChI=1S/C21H23Cl2N3O3/c1-14-18(20(23)26(24-14)13-16-5-7-17(22)8-6-16)9-10-19(27)29-15(2)21(28)25-11-3-4-12-25/h5-10,15H,3-4,11-13H2,1-2H3/b10-9+. The van der Waals surface area contributed by atoms with E-state index in [-0.39, 0.29) is 5.91 Å². The molecule has 0 radical (unpaired) electrons. The van der Waals surface area contributed by atoms with Crippen molar-refractivity contribution in [3.8, 4) is 0 Å². The third-order valence-corrected chi connectivity index (χ3v) is 5.45. The number of carbonyl (C=O) groups is 2. The van der Waals surface area contributed by atoms with Gasteiger partial charge in [-0.05, 0) is 50.5 Å². The molecule has 1 aliphatic rings. The van der Waals surface area contributed by atoms with Gasteiger partial charge < -0.3 is 9.64 Å². The number of benzene rings is 1. The molecule has 0 saturated carbocycles. The number of hydrogen-bond acceptors (Lipinski definition) is 4. The normalized spacial score (nSPS) is 15.1. The highest BCUT2D eigenvalue weighted by molar-refractivity contribution is 6.31. The van der Waals surface area contributed by atoms with E-state index in [1.54, 1.807) is 22.6 Å².